The van der Waals surface area contributed by atoms with Crippen molar-refractivity contribution in [3.8, 4) is 0 Å². The predicted molar refractivity (Wildman–Crippen MR) is 80.8 cm³/mol. The third kappa shape index (κ3) is 3.73. The molecule has 1 heterocycles. The predicted octanol–water partition coefficient (Wildman–Crippen LogP) is 0.0526. The molecular weight excluding hydrogens is 286 g/mol. The van der Waals surface area contributed by atoms with Gasteiger partial charge in [0.1, 0.15) is 0 Å². The summed E-state index contributed by atoms with van der Waals surface area (Å²) in [5.41, 5.74) is 0.127. The molecule has 0 aromatic carbocycles. The van der Waals surface area contributed by atoms with Crippen LogP contribution in [-0.2, 0) is 11.8 Å². The first-order valence-corrected chi connectivity index (χ1v) is 7.34. The number of carbonyl (C=O) groups is 2. The zero-order chi connectivity index (χ0) is 16.3. The smallest absolute Gasteiger partial charge is 0.317 e. The average molecular weight is 307 g/mol. The third-order valence-corrected chi connectivity index (χ3v) is 4.08. The first-order valence-electron chi connectivity index (χ1n) is 7.34. The van der Waals surface area contributed by atoms with Crippen molar-refractivity contribution in [2.45, 2.75) is 31.8 Å². The van der Waals surface area contributed by atoms with Crippen molar-refractivity contribution in [1.82, 2.24) is 14.8 Å². The van der Waals surface area contributed by atoms with Gasteiger partial charge >= 0.3 is 5.97 Å². The maximum atomic E-state index is 12.1. The summed E-state index contributed by atoms with van der Waals surface area (Å²) in [6.07, 6.45) is 3.03. The van der Waals surface area contributed by atoms with E-state index in [1.54, 1.807) is 19.3 Å². The third-order valence-electron chi connectivity index (χ3n) is 4.08. The van der Waals surface area contributed by atoms with Gasteiger partial charge in [-0.05, 0) is 25.5 Å². The fourth-order valence-electron chi connectivity index (χ4n) is 2.64. The second-order valence-electron chi connectivity index (χ2n) is 5.62. The normalized spacial score (nSPS) is 20.5. The number of nitrogens with one attached hydrogen (secondary N) is 1. The van der Waals surface area contributed by atoms with E-state index >= 15 is 0 Å². The number of aromatic nitrogens is 1. The number of aliphatic carboxylic acids is 1. The van der Waals surface area contributed by atoms with E-state index in [9.17, 15) is 14.4 Å². The van der Waals surface area contributed by atoms with E-state index in [4.69, 9.17) is 5.11 Å². The number of rotatable bonds is 6. The van der Waals surface area contributed by atoms with Crippen molar-refractivity contribution in [1.29, 1.82) is 0 Å². The van der Waals surface area contributed by atoms with E-state index in [0.29, 0.717) is 12.1 Å². The second kappa shape index (κ2) is 6.74. The molecule has 2 N–H and O–H groups in total. The fraction of sp³-hybridized carbons (Fsp3) is 0.533. The Labute approximate surface area is 128 Å². The lowest BCUT2D eigenvalue weighted by molar-refractivity contribution is -0.139. The van der Waals surface area contributed by atoms with Gasteiger partial charge in [-0.25, -0.2) is 0 Å². The number of hydrogen-bond acceptors (Lipinski definition) is 4. The summed E-state index contributed by atoms with van der Waals surface area (Å²) in [5, 5.41) is 11.7. The lowest BCUT2D eigenvalue weighted by atomic mass is 9.85. The van der Waals surface area contributed by atoms with Gasteiger partial charge in [0.05, 0.1) is 6.54 Å². The molecule has 1 aromatic rings. The van der Waals surface area contributed by atoms with Crippen LogP contribution in [0.1, 0.15) is 30.1 Å². The lowest BCUT2D eigenvalue weighted by Gasteiger charge is -2.42. The minimum atomic E-state index is -0.838. The molecule has 0 atom stereocenters. The van der Waals surface area contributed by atoms with E-state index in [0.717, 1.165) is 12.8 Å². The number of aryl methyl sites for hydroxylation is 1. The SMILES string of the molecule is CCN(CC(=O)O)C1CC(NC(=O)c2ccn(C)c(=O)c2)C1. The Morgan fingerprint density at radius 3 is 2.68 bits per heavy atom. The highest BCUT2D eigenvalue weighted by atomic mass is 16.4. The van der Waals surface area contributed by atoms with Crippen LogP contribution in [0.5, 0.6) is 0 Å². The van der Waals surface area contributed by atoms with E-state index in [1.165, 1.54) is 10.6 Å². The molecule has 1 aliphatic rings. The molecule has 0 bridgehead atoms. The van der Waals surface area contributed by atoms with Crippen LogP contribution in [0.3, 0.4) is 0 Å². The van der Waals surface area contributed by atoms with Crippen LogP contribution < -0.4 is 10.9 Å². The number of carbonyl (C=O) groups excluding carboxylic acids is 1. The van der Waals surface area contributed by atoms with Gasteiger partial charge in [-0.15, -0.1) is 0 Å². The highest BCUT2D eigenvalue weighted by Gasteiger charge is 2.34. The fourth-order valence-corrected chi connectivity index (χ4v) is 2.64. The Morgan fingerprint density at radius 2 is 2.14 bits per heavy atom. The van der Waals surface area contributed by atoms with Gasteiger partial charge in [0, 0.05) is 37.0 Å². The van der Waals surface area contributed by atoms with Gasteiger partial charge in [-0.2, -0.15) is 0 Å². The Bertz CT molecular complexity index is 619. The molecule has 0 radical (unpaired) electrons. The van der Waals surface area contributed by atoms with Crippen LogP contribution in [0, 0.1) is 0 Å². The van der Waals surface area contributed by atoms with Gasteiger partial charge in [-0.3, -0.25) is 19.3 Å². The molecule has 0 unspecified atom stereocenters. The van der Waals surface area contributed by atoms with Crippen LogP contribution in [0.4, 0.5) is 0 Å². The molecule has 7 heteroatoms. The van der Waals surface area contributed by atoms with Crippen molar-refractivity contribution in [3.63, 3.8) is 0 Å². The van der Waals surface area contributed by atoms with Crippen molar-refractivity contribution in [2.24, 2.45) is 7.05 Å². The summed E-state index contributed by atoms with van der Waals surface area (Å²) in [6.45, 7) is 2.62. The zero-order valence-electron chi connectivity index (χ0n) is 12.8. The average Bonchev–Trinajstić information content (AvgIpc) is 2.42. The molecule has 0 aliphatic heterocycles. The van der Waals surface area contributed by atoms with Gasteiger partial charge in [0.25, 0.3) is 11.5 Å². The second-order valence-corrected chi connectivity index (χ2v) is 5.62. The summed E-state index contributed by atoms with van der Waals surface area (Å²) in [6, 6.07) is 3.14. The molecule has 2 rings (SSSR count). The molecule has 120 valence electrons. The molecular formula is C15H21N3O4. The van der Waals surface area contributed by atoms with Crippen LogP contribution in [-0.4, -0.2) is 51.6 Å². The van der Waals surface area contributed by atoms with Crippen LogP contribution in [0.15, 0.2) is 23.1 Å². The molecule has 1 aromatic heterocycles. The highest BCUT2D eigenvalue weighted by molar-refractivity contribution is 5.94. The van der Waals surface area contributed by atoms with Gasteiger partial charge in [-0.1, -0.05) is 6.92 Å². The number of carboxylic acid groups (broad SMARTS) is 1. The molecule has 7 nitrogen and oxygen atoms in total. The Hall–Kier alpha value is -2.15. The van der Waals surface area contributed by atoms with Crippen molar-refractivity contribution < 1.29 is 14.7 Å². The molecule has 1 saturated carbocycles. The van der Waals surface area contributed by atoms with Crippen LogP contribution in [0.25, 0.3) is 0 Å². The van der Waals surface area contributed by atoms with Gasteiger partial charge < -0.3 is 15.0 Å². The maximum absolute atomic E-state index is 12.1. The molecule has 0 spiro atoms. The van der Waals surface area contributed by atoms with E-state index in [1.807, 2.05) is 11.8 Å². The van der Waals surface area contributed by atoms with E-state index in [2.05, 4.69) is 5.32 Å². The number of amides is 1. The molecule has 1 aliphatic carbocycles. The van der Waals surface area contributed by atoms with Crippen molar-refractivity contribution >= 4 is 11.9 Å². The molecule has 22 heavy (non-hydrogen) atoms. The van der Waals surface area contributed by atoms with E-state index < -0.39 is 5.97 Å². The zero-order valence-corrected chi connectivity index (χ0v) is 12.8. The standard InChI is InChI=1S/C15H21N3O4/c1-3-18(9-14(20)21)12-7-11(8-12)16-15(22)10-4-5-17(2)13(19)6-10/h4-6,11-12H,3,7-9H2,1-2H3,(H,16,22)(H,20,21). The molecule has 1 amide bonds. The van der Waals surface area contributed by atoms with Gasteiger partial charge in [0.2, 0.25) is 0 Å². The van der Waals surface area contributed by atoms with Gasteiger partial charge in [0.15, 0.2) is 0 Å². The lowest BCUT2D eigenvalue weighted by Crippen LogP contribution is -2.54. The van der Waals surface area contributed by atoms with Crippen LogP contribution in [0.2, 0.25) is 0 Å². The highest BCUT2D eigenvalue weighted by Crippen LogP contribution is 2.25. The Kier molecular flexibility index (Phi) is 4.97. The largest absolute Gasteiger partial charge is 0.480 e. The number of nitrogens with zero attached hydrogens (tertiary/aromatic N) is 2. The summed E-state index contributed by atoms with van der Waals surface area (Å²) < 4.78 is 1.40. The minimum Gasteiger partial charge on any atom is -0.480 e. The topological polar surface area (TPSA) is 91.6 Å². The number of hydrogen-bond donors (Lipinski definition) is 2. The molecule has 1 fully saturated rings. The Balaban J connectivity index is 1.86. The number of carboxylic acids is 1. The van der Waals surface area contributed by atoms with E-state index in [-0.39, 0.29) is 30.1 Å². The number of pyridine rings is 1. The summed E-state index contributed by atoms with van der Waals surface area (Å²) in [7, 11) is 1.63. The Morgan fingerprint density at radius 1 is 1.45 bits per heavy atom. The van der Waals surface area contributed by atoms with Crippen molar-refractivity contribution in [3.05, 3.63) is 34.2 Å². The number of likely N-dealkylation sites (N-methyl/N-ethyl adjacent to an activating group) is 1. The van der Waals surface area contributed by atoms with Crippen molar-refractivity contribution in [2.75, 3.05) is 13.1 Å². The summed E-state index contributed by atoms with van der Waals surface area (Å²) in [5.74, 6) is -1.10. The van der Waals surface area contributed by atoms with Crippen LogP contribution >= 0.6 is 0 Å². The first kappa shape index (κ1) is 16.2. The quantitative estimate of drug-likeness (QED) is 0.775. The summed E-state index contributed by atoms with van der Waals surface area (Å²) in [4.78, 5) is 36.3. The molecule has 0 saturated heterocycles. The maximum Gasteiger partial charge on any atom is 0.317 e. The monoisotopic (exact) mass is 307 g/mol. The minimum absolute atomic E-state index is 0.0244. The summed E-state index contributed by atoms with van der Waals surface area (Å²) >= 11 is 0. The first-order chi connectivity index (χ1) is 10.4.